The van der Waals surface area contributed by atoms with Gasteiger partial charge in [-0.05, 0) is 17.5 Å². The van der Waals surface area contributed by atoms with Crippen LogP contribution in [0.4, 0.5) is 0 Å². The molecule has 2 heterocycles. The number of carbonyl (C=O) groups is 4. The van der Waals surface area contributed by atoms with Crippen molar-refractivity contribution < 1.29 is 19.2 Å². The molecule has 0 radical (unpaired) electrons. The van der Waals surface area contributed by atoms with E-state index >= 15 is 0 Å². The lowest BCUT2D eigenvalue weighted by atomic mass is 9.98. The van der Waals surface area contributed by atoms with Crippen LogP contribution in [0.3, 0.4) is 0 Å². The summed E-state index contributed by atoms with van der Waals surface area (Å²) in [4.78, 5) is 58.1. The van der Waals surface area contributed by atoms with Crippen molar-refractivity contribution in [3.63, 3.8) is 0 Å². The molecule has 2 aromatic carbocycles. The van der Waals surface area contributed by atoms with Crippen LogP contribution in [0.5, 0.6) is 0 Å². The Balaban J connectivity index is 1.63. The van der Waals surface area contributed by atoms with Gasteiger partial charge in [0, 0.05) is 30.5 Å². The van der Waals surface area contributed by atoms with Gasteiger partial charge in [-0.3, -0.25) is 24.2 Å². The van der Waals surface area contributed by atoms with Gasteiger partial charge in [-0.2, -0.15) is 0 Å². The first-order chi connectivity index (χ1) is 17.0. The van der Waals surface area contributed by atoms with Crippen molar-refractivity contribution in [1.82, 2.24) is 20.5 Å². The molecule has 8 nitrogen and oxygen atoms in total. The van der Waals surface area contributed by atoms with Crippen LogP contribution in [0.2, 0.25) is 0 Å². The van der Waals surface area contributed by atoms with Gasteiger partial charge < -0.3 is 15.5 Å². The zero-order valence-electron chi connectivity index (χ0n) is 19.1. The highest BCUT2D eigenvalue weighted by Gasteiger charge is 2.38. The maximum absolute atomic E-state index is 13.6. The van der Waals surface area contributed by atoms with E-state index in [0.29, 0.717) is 6.42 Å². The second-order valence-corrected chi connectivity index (χ2v) is 9.30. The molecule has 9 heteroatoms. The molecule has 2 atom stereocenters. The van der Waals surface area contributed by atoms with E-state index in [1.54, 1.807) is 11.7 Å². The smallest absolute Gasteiger partial charge is 0.289 e. The number of ketones is 1. The van der Waals surface area contributed by atoms with Gasteiger partial charge in [0.25, 0.3) is 5.91 Å². The topological polar surface area (TPSA) is 108 Å². The summed E-state index contributed by atoms with van der Waals surface area (Å²) < 4.78 is 0. The fourth-order valence-corrected chi connectivity index (χ4v) is 4.57. The number of Topliss-reactive ketones (excluding diaryl/α,β-unsaturated/α-hetero) is 1. The molecule has 1 aliphatic rings. The lowest BCUT2D eigenvalue weighted by Crippen LogP contribution is -2.54. The Morgan fingerprint density at radius 1 is 1.06 bits per heavy atom. The molecule has 180 valence electrons. The number of thiazole rings is 1. The van der Waals surface area contributed by atoms with Crippen LogP contribution in [-0.2, 0) is 38.7 Å². The molecule has 4 rings (SSSR count). The van der Waals surface area contributed by atoms with Gasteiger partial charge in [-0.15, -0.1) is 11.3 Å². The van der Waals surface area contributed by atoms with Crippen molar-refractivity contribution in [2.24, 2.45) is 0 Å². The van der Waals surface area contributed by atoms with Crippen molar-refractivity contribution >= 4 is 34.8 Å². The van der Waals surface area contributed by atoms with E-state index in [0.717, 1.165) is 16.0 Å². The van der Waals surface area contributed by atoms with E-state index in [4.69, 9.17) is 0 Å². The number of carbonyl (C=O) groups excluding carboxylic acids is 4. The third-order valence-corrected chi connectivity index (χ3v) is 6.63. The van der Waals surface area contributed by atoms with E-state index in [1.807, 2.05) is 60.7 Å². The minimum Gasteiger partial charge on any atom is -0.344 e. The van der Waals surface area contributed by atoms with E-state index in [-0.39, 0.29) is 37.7 Å². The van der Waals surface area contributed by atoms with Crippen molar-refractivity contribution in [3.8, 4) is 0 Å². The fraction of sp³-hybridized carbons (Fsp3) is 0.269. The van der Waals surface area contributed by atoms with Crippen molar-refractivity contribution in [2.75, 3.05) is 0 Å². The van der Waals surface area contributed by atoms with Gasteiger partial charge in [-0.1, -0.05) is 60.7 Å². The van der Waals surface area contributed by atoms with Crippen molar-refractivity contribution in [3.05, 3.63) is 88.4 Å². The Bertz CT molecular complexity index is 1170. The second-order valence-electron chi connectivity index (χ2n) is 8.33. The summed E-state index contributed by atoms with van der Waals surface area (Å²) in [5.74, 6) is -2.03. The van der Waals surface area contributed by atoms with E-state index in [2.05, 4.69) is 15.6 Å². The molecule has 2 N–H and O–H groups in total. The molecule has 3 amide bonds. The number of aromatic nitrogens is 1. The standard InChI is InChI=1S/C26H26N4O4S/c31-23-12-11-21(29-23)26(34)30(16-19-9-5-2-6-10-19)22(13-18-7-3-1-4-8-18)24(32)25(33)28-15-20-14-27-17-35-20/h1-10,14,17,21-22H,11-13,15-16H2,(H,28,33)(H,29,31)/t21-,22?/m0/s1. The highest BCUT2D eigenvalue weighted by atomic mass is 32.1. The van der Waals surface area contributed by atoms with Crippen LogP contribution in [0.25, 0.3) is 0 Å². The van der Waals surface area contributed by atoms with Crippen LogP contribution >= 0.6 is 11.3 Å². The summed E-state index contributed by atoms with van der Waals surface area (Å²) >= 11 is 1.38. The lowest BCUT2D eigenvalue weighted by molar-refractivity contribution is -0.147. The summed E-state index contributed by atoms with van der Waals surface area (Å²) in [5, 5.41) is 5.36. The molecular weight excluding hydrogens is 464 g/mol. The molecule has 1 aliphatic heterocycles. The zero-order valence-corrected chi connectivity index (χ0v) is 19.9. The maximum Gasteiger partial charge on any atom is 0.289 e. The van der Waals surface area contributed by atoms with Gasteiger partial charge in [0.15, 0.2) is 0 Å². The van der Waals surface area contributed by atoms with Crippen molar-refractivity contribution in [2.45, 2.75) is 44.4 Å². The van der Waals surface area contributed by atoms with Crippen LogP contribution in [0.15, 0.2) is 72.4 Å². The molecule has 0 bridgehead atoms. The minimum absolute atomic E-state index is 0.136. The quantitative estimate of drug-likeness (QED) is 0.424. The molecule has 1 fully saturated rings. The zero-order chi connectivity index (χ0) is 24.6. The fourth-order valence-electron chi connectivity index (χ4n) is 4.04. The molecule has 0 spiro atoms. The summed E-state index contributed by atoms with van der Waals surface area (Å²) in [6, 6.07) is 16.8. The van der Waals surface area contributed by atoms with E-state index < -0.39 is 23.8 Å². The molecule has 1 saturated heterocycles. The number of benzene rings is 2. The van der Waals surface area contributed by atoms with Crippen molar-refractivity contribution in [1.29, 1.82) is 0 Å². The highest BCUT2D eigenvalue weighted by Crippen LogP contribution is 2.19. The molecule has 1 unspecified atom stereocenters. The predicted molar refractivity (Wildman–Crippen MR) is 131 cm³/mol. The Morgan fingerprint density at radius 3 is 2.34 bits per heavy atom. The molecular formula is C26H26N4O4S. The number of hydrogen-bond donors (Lipinski definition) is 2. The molecule has 3 aromatic rings. The van der Waals surface area contributed by atoms with Gasteiger partial charge in [-0.25, -0.2) is 0 Å². The van der Waals surface area contributed by atoms with Gasteiger partial charge >= 0.3 is 0 Å². The highest BCUT2D eigenvalue weighted by molar-refractivity contribution is 7.09. The monoisotopic (exact) mass is 490 g/mol. The molecule has 0 aliphatic carbocycles. The first-order valence-corrected chi connectivity index (χ1v) is 12.3. The molecule has 35 heavy (non-hydrogen) atoms. The molecule has 0 saturated carbocycles. The number of hydrogen-bond acceptors (Lipinski definition) is 6. The maximum atomic E-state index is 13.6. The summed E-state index contributed by atoms with van der Waals surface area (Å²) in [7, 11) is 0. The third-order valence-electron chi connectivity index (χ3n) is 5.85. The predicted octanol–water partition coefficient (Wildman–Crippen LogP) is 2.25. The minimum atomic E-state index is -1.04. The van der Waals surface area contributed by atoms with E-state index in [9.17, 15) is 19.2 Å². The largest absolute Gasteiger partial charge is 0.344 e. The average Bonchev–Trinajstić information content (AvgIpc) is 3.57. The number of amides is 3. The van der Waals surface area contributed by atoms with Crippen LogP contribution in [0, 0.1) is 0 Å². The van der Waals surface area contributed by atoms with Crippen LogP contribution in [0.1, 0.15) is 28.8 Å². The lowest BCUT2D eigenvalue weighted by Gasteiger charge is -2.32. The number of nitrogens with one attached hydrogen (secondary N) is 2. The van der Waals surface area contributed by atoms with Gasteiger partial charge in [0.2, 0.25) is 17.6 Å². The number of nitrogens with zero attached hydrogens (tertiary/aromatic N) is 2. The summed E-state index contributed by atoms with van der Waals surface area (Å²) in [5.41, 5.74) is 3.29. The van der Waals surface area contributed by atoms with Gasteiger partial charge in [0.1, 0.15) is 12.1 Å². The summed E-state index contributed by atoms with van der Waals surface area (Å²) in [6.45, 7) is 0.315. The normalized spacial score (nSPS) is 15.8. The Hall–Kier alpha value is -3.85. The SMILES string of the molecule is O=C1CC[C@@H](C(=O)N(Cc2ccccc2)C(Cc2ccccc2)C(=O)C(=O)NCc2cncs2)N1. The first-order valence-electron chi connectivity index (χ1n) is 11.4. The third kappa shape index (κ3) is 6.39. The van der Waals surface area contributed by atoms with Crippen LogP contribution < -0.4 is 10.6 Å². The van der Waals surface area contributed by atoms with E-state index in [1.165, 1.54) is 16.2 Å². The molecule has 1 aromatic heterocycles. The Morgan fingerprint density at radius 2 is 1.74 bits per heavy atom. The second kappa shape index (κ2) is 11.5. The summed E-state index contributed by atoms with van der Waals surface area (Å²) in [6.07, 6.45) is 2.41. The van der Waals surface area contributed by atoms with Crippen LogP contribution in [-0.4, -0.2) is 45.5 Å². The first kappa shape index (κ1) is 24.3. The average molecular weight is 491 g/mol. The number of rotatable bonds is 10. The Labute approximate surface area is 207 Å². The van der Waals surface area contributed by atoms with Gasteiger partial charge in [0.05, 0.1) is 12.1 Å². The Kier molecular flexibility index (Phi) is 7.99.